The number of halogens is 1. The molecule has 0 unspecified atom stereocenters. The predicted molar refractivity (Wildman–Crippen MR) is 197 cm³/mol. The number of benzene rings is 4. The summed E-state index contributed by atoms with van der Waals surface area (Å²) >= 11 is 6.06. The Balaban J connectivity index is 0.00000496. The van der Waals surface area contributed by atoms with Crippen molar-refractivity contribution in [2.75, 3.05) is 23.0 Å². The van der Waals surface area contributed by atoms with Crippen molar-refractivity contribution in [2.45, 2.75) is 19.6 Å². The first-order chi connectivity index (χ1) is 27.2. The van der Waals surface area contributed by atoms with Crippen LogP contribution in [0.3, 0.4) is 0 Å². The number of nitrogens with zero attached hydrogens (tertiary/aromatic N) is 6. The van der Waals surface area contributed by atoms with Crippen molar-refractivity contribution in [1.29, 1.82) is 0 Å². The van der Waals surface area contributed by atoms with Gasteiger partial charge in [-0.15, -0.1) is 10.2 Å². The normalized spacial score (nSPS) is 12.4. The summed E-state index contributed by atoms with van der Waals surface area (Å²) < 4.78 is 166. The van der Waals surface area contributed by atoms with Gasteiger partial charge < -0.3 is 35.1 Å². The average Bonchev–Trinajstić information content (AvgIpc) is 3.08. The fourth-order valence-electron chi connectivity index (χ4n) is 4.78. The smallest absolute Gasteiger partial charge is 0.846 e. The summed E-state index contributed by atoms with van der Waals surface area (Å²) in [6.07, 6.45) is 0. The number of azo groups is 1. The van der Waals surface area contributed by atoms with Crippen LogP contribution in [0.1, 0.15) is 0 Å². The van der Waals surface area contributed by atoms with E-state index < -0.39 is 100 Å². The molecule has 0 radical (unpaired) electrons. The molecule has 1 heterocycles. The molecule has 0 saturated heterocycles. The zero-order valence-corrected chi connectivity index (χ0v) is 45.4. The number of aromatic nitrogens is 3. The van der Waals surface area contributed by atoms with Gasteiger partial charge in [0.2, 0.25) is 17.2 Å². The Morgan fingerprint density at radius 2 is 1.21 bits per heavy atom. The van der Waals surface area contributed by atoms with E-state index >= 15 is 0 Å². The topological polar surface area (TPSA) is 418 Å². The number of anilines is 4. The van der Waals surface area contributed by atoms with Crippen LogP contribution in [0.4, 0.5) is 40.3 Å². The van der Waals surface area contributed by atoms with E-state index in [-0.39, 0.29) is 169 Å². The van der Waals surface area contributed by atoms with Crippen molar-refractivity contribution >= 4 is 119 Å². The van der Waals surface area contributed by atoms with Crippen LogP contribution < -0.4 is 140 Å². The fraction of sp³-hybridized carbons (Fsp3) is 0.0714. The monoisotopic (exact) mass is 1020 g/mol. The fourth-order valence-corrected chi connectivity index (χ4v) is 8.38. The van der Waals surface area contributed by atoms with Crippen LogP contribution in [0.25, 0.3) is 10.8 Å². The molecule has 0 aliphatic carbocycles. The number of fused-ring (bicyclic) bond motifs is 1. The summed E-state index contributed by atoms with van der Waals surface area (Å²) in [4.78, 5) is 11.7. The van der Waals surface area contributed by atoms with Crippen molar-refractivity contribution in [3.05, 3.63) is 72.0 Å². The molecule has 0 spiro atoms. The first-order valence-corrected chi connectivity index (χ1v) is 22.8. The maximum absolute atomic E-state index is 12.5. The molecule has 5 rings (SSSR count). The van der Waals surface area contributed by atoms with Gasteiger partial charge in [0.05, 0.1) is 43.7 Å². The molecule has 5 aromatic rings. The van der Waals surface area contributed by atoms with Crippen LogP contribution in [0.5, 0.6) is 0 Å². The Morgan fingerprint density at radius 1 is 0.667 bits per heavy atom. The number of nitrogens with one attached hydrogen (secondary N) is 2. The van der Waals surface area contributed by atoms with Crippen LogP contribution in [-0.4, -0.2) is 93.6 Å². The SMILES string of the molecule is NC([O-])=Nc1cc(Nc2nc(Cl)nc(Nc3ccc(S(=O)(=O)CCOS(=O)(=O)O)cc3)n2)ccc1N=Nc1cc2c(S(=O)(=O)[O-])cc(S(=O)(=O)[O-])cc2cc1S(=O)(=O)[O-].[Na+].[Na+].[Na+].[Na+]. The number of hydrogen-bond donors (Lipinski definition) is 4. The van der Waals surface area contributed by atoms with E-state index in [0.717, 1.165) is 12.1 Å². The van der Waals surface area contributed by atoms with Gasteiger partial charge in [0.25, 0.3) is 0 Å². The number of rotatable bonds is 15. The summed E-state index contributed by atoms with van der Waals surface area (Å²) in [5, 5.41) is 23.2. The molecule has 314 valence electrons. The summed E-state index contributed by atoms with van der Waals surface area (Å²) in [6, 6.07) is 9.15. The second kappa shape index (κ2) is 23.5. The van der Waals surface area contributed by atoms with E-state index in [1.165, 1.54) is 30.3 Å². The van der Waals surface area contributed by atoms with Crippen molar-refractivity contribution in [1.82, 2.24) is 15.0 Å². The van der Waals surface area contributed by atoms with Gasteiger partial charge in [-0.05, 0) is 83.7 Å². The van der Waals surface area contributed by atoms with Crippen LogP contribution in [0.2, 0.25) is 5.28 Å². The molecule has 0 saturated carbocycles. The van der Waals surface area contributed by atoms with Gasteiger partial charge in [0.1, 0.15) is 41.7 Å². The molecular weight excluding hydrogens is 1010 g/mol. The molecule has 0 amide bonds. The molecule has 35 heteroatoms. The van der Waals surface area contributed by atoms with Gasteiger partial charge in [-0.3, -0.25) is 4.55 Å². The molecule has 1 aromatic heterocycles. The van der Waals surface area contributed by atoms with E-state index in [1.807, 2.05) is 0 Å². The Kier molecular flexibility index (Phi) is 22.1. The zero-order chi connectivity index (χ0) is 43.7. The first-order valence-electron chi connectivity index (χ1n) is 15.1. The zero-order valence-electron chi connectivity index (χ0n) is 32.5. The number of hydrogen-bond acceptors (Lipinski definition) is 23. The van der Waals surface area contributed by atoms with E-state index in [9.17, 15) is 60.9 Å². The van der Waals surface area contributed by atoms with E-state index in [4.69, 9.17) is 21.9 Å². The molecule has 0 aliphatic heterocycles. The molecule has 63 heavy (non-hydrogen) atoms. The van der Waals surface area contributed by atoms with Crippen molar-refractivity contribution in [3.8, 4) is 0 Å². The quantitative estimate of drug-likeness (QED) is 0.0249. The van der Waals surface area contributed by atoms with Gasteiger partial charge in [0, 0.05) is 16.8 Å². The summed E-state index contributed by atoms with van der Waals surface area (Å²) in [5.74, 6) is -1.16. The molecule has 0 aliphatic rings. The van der Waals surface area contributed by atoms with E-state index in [1.54, 1.807) is 0 Å². The molecule has 0 bridgehead atoms. The molecular formula is C28H20ClN9Na4O16S5. The summed E-state index contributed by atoms with van der Waals surface area (Å²) in [5.41, 5.74) is 4.03. The predicted octanol–water partition coefficient (Wildman–Crippen LogP) is -10.8. The van der Waals surface area contributed by atoms with Crippen LogP contribution in [-0.2, 0) is 54.8 Å². The van der Waals surface area contributed by atoms with Crippen LogP contribution >= 0.6 is 11.6 Å². The Bertz CT molecular complexity index is 3150. The van der Waals surface area contributed by atoms with Crippen molar-refractivity contribution in [3.63, 3.8) is 0 Å². The van der Waals surface area contributed by atoms with Crippen molar-refractivity contribution in [2.24, 2.45) is 21.0 Å². The average molecular weight is 1030 g/mol. The summed E-state index contributed by atoms with van der Waals surface area (Å²) in [7, 11) is -25.3. The number of nitrogens with two attached hydrogens (primary N) is 1. The second-order valence-electron chi connectivity index (χ2n) is 11.3. The van der Waals surface area contributed by atoms with Gasteiger partial charge in [0.15, 0.2) is 9.84 Å². The van der Waals surface area contributed by atoms with Crippen LogP contribution in [0, 0.1) is 0 Å². The third kappa shape index (κ3) is 16.9. The van der Waals surface area contributed by atoms with Gasteiger partial charge >= 0.3 is 129 Å². The molecule has 25 nitrogen and oxygen atoms in total. The largest absolute Gasteiger partial charge is 1.00 e. The third-order valence-corrected chi connectivity index (χ3v) is 12.1. The maximum atomic E-state index is 12.5. The number of amidine groups is 1. The first kappa shape index (κ1) is 59.5. The Hall–Kier alpha value is -1.54. The second-order valence-corrected chi connectivity index (χ2v) is 18.9. The van der Waals surface area contributed by atoms with E-state index in [0.29, 0.717) is 18.2 Å². The minimum absolute atomic E-state index is 0. The standard InChI is InChI=1S/C28H24ClN9O16S5.4Na/c29-25-34-27(31-15-1-4-17(5-2-15)55(40,41)8-7-54-59(51,52)53)36-28(35-25)32-16-3-6-20(21(11-16)33-26(30)39)37-38-22-13-19-14(10-24(22)58(48,49)50)9-18(56(42,43)44)12-23(19)57(45,46)47;;;;/h1-6,9-13H,7-8H2,(H3,30,33,39)(H,42,43,44)(H,45,46,47)(H,48,49,50)(H,51,52,53)(H2,31,32,34,35,36);;;;/q;4*+1/p-4. The molecule has 0 atom stereocenters. The Labute approximate surface area is 451 Å². The maximum Gasteiger partial charge on any atom is 1.00 e. The van der Waals surface area contributed by atoms with E-state index in [2.05, 4.69) is 45.0 Å². The van der Waals surface area contributed by atoms with Crippen molar-refractivity contribution < 1.29 is 188 Å². The molecule has 0 fully saturated rings. The summed E-state index contributed by atoms with van der Waals surface area (Å²) in [6.45, 7) is -0.835. The molecule has 5 N–H and O–H groups in total. The minimum atomic E-state index is -5.53. The van der Waals surface area contributed by atoms with Gasteiger partial charge in [-0.1, -0.05) is 0 Å². The third-order valence-electron chi connectivity index (χ3n) is 7.18. The number of sulfone groups is 1. The minimum Gasteiger partial charge on any atom is -0.846 e. The van der Waals surface area contributed by atoms with Crippen LogP contribution in [0.15, 0.2) is 102 Å². The van der Waals surface area contributed by atoms with Gasteiger partial charge in [-0.2, -0.15) is 23.4 Å². The molecule has 4 aromatic carbocycles. The van der Waals surface area contributed by atoms with Gasteiger partial charge in [-0.25, -0.2) is 42.8 Å². The number of aliphatic imine (C=N–C) groups is 1. The Morgan fingerprint density at radius 3 is 1.73 bits per heavy atom.